The van der Waals surface area contributed by atoms with Crippen molar-refractivity contribution < 1.29 is 0 Å². The van der Waals surface area contributed by atoms with Crippen LogP contribution in [0.25, 0.3) is 54.7 Å². The zero-order valence-electron chi connectivity index (χ0n) is 17.3. The number of hydrogen-bond acceptors (Lipinski definition) is 1. The van der Waals surface area contributed by atoms with E-state index in [-0.39, 0.29) is 0 Å². The molecule has 1 nitrogen and oxygen atoms in total. The van der Waals surface area contributed by atoms with Crippen molar-refractivity contribution in [3.8, 4) is 22.3 Å². The van der Waals surface area contributed by atoms with E-state index in [1.54, 1.807) is 0 Å². The van der Waals surface area contributed by atoms with Gasteiger partial charge in [0.05, 0.1) is 5.52 Å². The second kappa shape index (κ2) is 7.07. The molecule has 0 spiro atoms. The lowest BCUT2D eigenvalue weighted by Gasteiger charge is -2.13. The van der Waals surface area contributed by atoms with Gasteiger partial charge >= 0.3 is 0 Å². The van der Waals surface area contributed by atoms with Crippen LogP contribution in [0.4, 0.5) is 0 Å². The van der Waals surface area contributed by atoms with Gasteiger partial charge in [-0.15, -0.1) is 0 Å². The van der Waals surface area contributed by atoms with Crippen LogP contribution in [0.2, 0.25) is 0 Å². The summed E-state index contributed by atoms with van der Waals surface area (Å²) in [5.74, 6) is 0. The average Bonchev–Trinajstić information content (AvgIpc) is 2.84. The number of benzene rings is 5. The molecule has 1 aromatic heterocycles. The number of rotatable bonds is 2. The maximum Gasteiger partial charge on any atom is 0.0786 e. The molecule has 0 bridgehead atoms. The number of nitrogens with zero attached hydrogens (tertiary/aromatic N) is 1. The molecule has 6 aromatic rings. The molecule has 0 saturated carbocycles. The van der Waals surface area contributed by atoms with E-state index in [1.807, 2.05) is 6.20 Å². The van der Waals surface area contributed by atoms with Crippen molar-refractivity contribution in [3.05, 3.63) is 115 Å². The molecule has 0 aliphatic heterocycles. The third-order valence-electron chi connectivity index (χ3n) is 6.11. The highest BCUT2D eigenvalue weighted by Gasteiger charge is 2.12. The molecule has 0 aliphatic carbocycles. The Bertz CT molecular complexity index is 1570. The fourth-order valence-electron chi connectivity index (χ4n) is 4.59. The van der Waals surface area contributed by atoms with Crippen molar-refractivity contribution in [2.24, 2.45) is 0 Å². The van der Waals surface area contributed by atoms with Crippen molar-refractivity contribution in [1.29, 1.82) is 0 Å². The lowest BCUT2D eigenvalue weighted by molar-refractivity contribution is 1.35. The summed E-state index contributed by atoms with van der Waals surface area (Å²) >= 11 is 0. The van der Waals surface area contributed by atoms with Gasteiger partial charge in [0.2, 0.25) is 0 Å². The Morgan fingerprint density at radius 2 is 1.00 bits per heavy atom. The van der Waals surface area contributed by atoms with E-state index in [2.05, 4.69) is 110 Å². The smallest absolute Gasteiger partial charge is 0.0786 e. The molecule has 0 atom stereocenters. The summed E-state index contributed by atoms with van der Waals surface area (Å²) in [6.07, 6.45) is 1.97. The summed E-state index contributed by atoms with van der Waals surface area (Å²) in [5.41, 5.74) is 7.18. The molecule has 0 unspecified atom stereocenters. The zero-order valence-corrected chi connectivity index (χ0v) is 17.3. The van der Waals surface area contributed by atoms with Crippen LogP contribution >= 0.6 is 0 Å². The van der Waals surface area contributed by atoms with E-state index in [0.717, 1.165) is 5.52 Å². The summed E-state index contributed by atoms with van der Waals surface area (Å²) in [6, 6.07) is 37.0. The third-order valence-corrected chi connectivity index (χ3v) is 6.11. The van der Waals surface area contributed by atoms with E-state index in [0.29, 0.717) is 0 Å². The number of fused-ring (bicyclic) bond motifs is 6. The van der Waals surface area contributed by atoms with E-state index >= 15 is 0 Å². The van der Waals surface area contributed by atoms with Crippen LogP contribution < -0.4 is 0 Å². The van der Waals surface area contributed by atoms with Crippen LogP contribution in [0, 0.1) is 6.92 Å². The van der Waals surface area contributed by atoms with Crippen LogP contribution in [0.3, 0.4) is 0 Å². The van der Waals surface area contributed by atoms with E-state index in [9.17, 15) is 0 Å². The molecule has 0 aliphatic rings. The molecule has 0 radical (unpaired) electrons. The quantitative estimate of drug-likeness (QED) is 0.269. The molecule has 146 valence electrons. The number of aromatic nitrogens is 1. The minimum atomic E-state index is 1.07. The molecule has 0 amide bonds. The summed E-state index contributed by atoms with van der Waals surface area (Å²) in [4.78, 5) is 4.84. The van der Waals surface area contributed by atoms with Crippen LogP contribution in [-0.4, -0.2) is 4.98 Å². The number of aryl methyl sites for hydroxylation is 1. The SMILES string of the molecule is Cc1cnc2c3ccc(-c4ccccc4)cc3c3cc(-c4ccccc4)ccc3c2c1. The molecule has 1 heteroatoms. The van der Waals surface area contributed by atoms with Gasteiger partial charge in [0.25, 0.3) is 0 Å². The lowest BCUT2D eigenvalue weighted by atomic mass is 9.91. The molecule has 6 rings (SSSR count). The van der Waals surface area contributed by atoms with Crippen LogP contribution in [-0.2, 0) is 0 Å². The van der Waals surface area contributed by atoms with E-state index in [4.69, 9.17) is 4.98 Å². The summed E-state index contributed by atoms with van der Waals surface area (Å²) in [7, 11) is 0. The van der Waals surface area contributed by atoms with Crippen LogP contribution in [0.1, 0.15) is 5.56 Å². The van der Waals surface area contributed by atoms with Gasteiger partial charge in [-0.05, 0) is 69.1 Å². The zero-order chi connectivity index (χ0) is 20.8. The average molecular weight is 396 g/mol. The molecule has 0 saturated heterocycles. The lowest BCUT2D eigenvalue weighted by Crippen LogP contribution is -1.89. The largest absolute Gasteiger partial charge is 0.255 e. The molecule has 31 heavy (non-hydrogen) atoms. The van der Waals surface area contributed by atoms with Crippen LogP contribution in [0.5, 0.6) is 0 Å². The molecular formula is C30H21N. The summed E-state index contributed by atoms with van der Waals surface area (Å²) in [5, 5.41) is 6.19. The number of pyridine rings is 1. The van der Waals surface area contributed by atoms with Crippen molar-refractivity contribution in [2.45, 2.75) is 6.92 Å². The van der Waals surface area contributed by atoms with Gasteiger partial charge in [-0.3, -0.25) is 4.98 Å². The van der Waals surface area contributed by atoms with Crippen LogP contribution in [0.15, 0.2) is 109 Å². The van der Waals surface area contributed by atoms with Gasteiger partial charge in [-0.2, -0.15) is 0 Å². The van der Waals surface area contributed by atoms with Crippen molar-refractivity contribution >= 4 is 32.4 Å². The highest BCUT2D eigenvalue weighted by Crippen LogP contribution is 2.38. The minimum absolute atomic E-state index is 1.07. The van der Waals surface area contributed by atoms with Gasteiger partial charge in [0, 0.05) is 17.0 Å². The van der Waals surface area contributed by atoms with Crippen molar-refractivity contribution in [1.82, 2.24) is 4.98 Å². The Labute approximate surface area is 181 Å². The first-order chi connectivity index (χ1) is 15.3. The summed E-state index contributed by atoms with van der Waals surface area (Å²) < 4.78 is 0. The number of hydrogen-bond donors (Lipinski definition) is 0. The Morgan fingerprint density at radius 1 is 0.452 bits per heavy atom. The predicted molar refractivity (Wildman–Crippen MR) is 132 cm³/mol. The van der Waals surface area contributed by atoms with Gasteiger partial charge in [0.15, 0.2) is 0 Å². The second-order valence-electron chi connectivity index (χ2n) is 8.16. The highest BCUT2D eigenvalue weighted by molar-refractivity contribution is 6.25. The second-order valence-corrected chi connectivity index (χ2v) is 8.16. The van der Waals surface area contributed by atoms with Gasteiger partial charge in [0.1, 0.15) is 0 Å². The molecule has 0 N–H and O–H groups in total. The van der Waals surface area contributed by atoms with Gasteiger partial charge in [-0.25, -0.2) is 0 Å². The standard InChI is InChI=1S/C30H21N/c1-20-16-29-25-14-12-23(21-8-4-2-5-9-21)17-27(25)28-18-24(22-10-6-3-7-11-22)13-15-26(28)30(29)31-19-20/h2-19H,1H3. The van der Waals surface area contributed by atoms with Crippen molar-refractivity contribution in [2.75, 3.05) is 0 Å². The Kier molecular flexibility index (Phi) is 4.07. The molecule has 0 fully saturated rings. The minimum Gasteiger partial charge on any atom is -0.255 e. The predicted octanol–water partition coefficient (Wildman–Crippen LogP) is 8.18. The third kappa shape index (κ3) is 2.98. The molecule has 5 aromatic carbocycles. The normalized spacial score (nSPS) is 11.4. The fraction of sp³-hybridized carbons (Fsp3) is 0.0333. The fourth-order valence-corrected chi connectivity index (χ4v) is 4.59. The monoisotopic (exact) mass is 395 g/mol. The first-order valence-corrected chi connectivity index (χ1v) is 10.6. The van der Waals surface area contributed by atoms with Crippen molar-refractivity contribution in [3.63, 3.8) is 0 Å². The molecular weight excluding hydrogens is 374 g/mol. The topological polar surface area (TPSA) is 12.9 Å². The van der Waals surface area contributed by atoms with Gasteiger partial charge in [-0.1, -0.05) is 84.9 Å². The Balaban J connectivity index is 1.74. The first kappa shape index (κ1) is 17.9. The van der Waals surface area contributed by atoms with E-state index < -0.39 is 0 Å². The Hall–Kier alpha value is -3.97. The van der Waals surface area contributed by atoms with E-state index in [1.165, 1.54) is 54.7 Å². The highest BCUT2D eigenvalue weighted by atomic mass is 14.7. The maximum absolute atomic E-state index is 4.84. The first-order valence-electron chi connectivity index (χ1n) is 10.6. The Morgan fingerprint density at radius 3 is 1.61 bits per heavy atom. The maximum atomic E-state index is 4.84. The molecule has 1 heterocycles. The summed E-state index contributed by atoms with van der Waals surface area (Å²) in [6.45, 7) is 2.11. The van der Waals surface area contributed by atoms with Gasteiger partial charge < -0.3 is 0 Å².